The zero-order chi connectivity index (χ0) is 15.4. The average Bonchev–Trinajstić information content (AvgIpc) is 2.49. The van der Waals surface area contributed by atoms with Gasteiger partial charge in [0.15, 0.2) is 0 Å². The summed E-state index contributed by atoms with van der Waals surface area (Å²) in [4.78, 5) is 14.1. The number of rotatable bonds is 4. The standard InChI is InChI=1S/C17H26N2O2/c1-12(2)16(18)17(20)19-10-8-15(9-11-19)21-14-6-4-13(3)5-7-14/h4-7,12,15-16H,8-11,18H2,1-3H3/t16-/m0/s1. The summed E-state index contributed by atoms with van der Waals surface area (Å²) in [5.74, 6) is 1.15. The van der Waals surface area contributed by atoms with Crippen LogP contribution in [-0.2, 0) is 4.79 Å². The summed E-state index contributed by atoms with van der Waals surface area (Å²) < 4.78 is 5.98. The maximum Gasteiger partial charge on any atom is 0.239 e. The molecule has 0 radical (unpaired) electrons. The van der Waals surface area contributed by atoms with Gasteiger partial charge in [-0.2, -0.15) is 0 Å². The summed E-state index contributed by atoms with van der Waals surface area (Å²) in [6.45, 7) is 7.49. The van der Waals surface area contributed by atoms with Crippen LogP contribution >= 0.6 is 0 Å². The molecular formula is C17H26N2O2. The Labute approximate surface area is 127 Å². The van der Waals surface area contributed by atoms with Crippen LogP contribution in [0.5, 0.6) is 5.75 Å². The lowest BCUT2D eigenvalue weighted by Gasteiger charge is -2.34. The lowest BCUT2D eigenvalue weighted by Crippen LogP contribution is -2.50. The van der Waals surface area contributed by atoms with E-state index < -0.39 is 0 Å². The van der Waals surface area contributed by atoms with E-state index in [9.17, 15) is 4.79 Å². The molecule has 1 aromatic carbocycles. The monoisotopic (exact) mass is 290 g/mol. The summed E-state index contributed by atoms with van der Waals surface area (Å²) in [6.07, 6.45) is 1.92. The van der Waals surface area contributed by atoms with Gasteiger partial charge < -0.3 is 15.4 Å². The van der Waals surface area contributed by atoms with E-state index in [1.54, 1.807) is 0 Å². The van der Waals surface area contributed by atoms with Crippen LogP contribution in [0.2, 0.25) is 0 Å². The number of nitrogens with two attached hydrogens (primary N) is 1. The van der Waals surface area contributed by atoms with E-state index in [0.717, 1.165) is 31.7 Å². The van der Waals surface area contributed by atoms with Gasteiger partial charge in [0.1, 0.15) is 11.9 Å². The molecule has 0 spiro atoms. The predicted octanol–water partition coefficient (Wildman–Crippen LogP) is 2.35. The van der Waals surface area contributed by atoms with Crippen molar-refractivity contribution in [3.05, 3.63) is 29.8 Å². The minimum atomic E-state index is -0.389. The fraction of sp³-hybridized carbons (Fsp3) is 0.588. The number of benzene rings is 1. The molecule has 1 aromatic rings. The van der Waals surface area contributed by atoms with Gasteiger partial charge in [-0.1, -0.05) is 31.5 Å². The normalized spacial score (nSPS) is 17.9. The second-order valence-electron chi connectivity index (χ2n) is 6.23. The average molecular weight is 290 g/mol. The van der Waals surface area contributed by atoms with Crippen LogP contribution in [-0.4, -0.2) is 36.0 Å². The number of carbonyl (C=O) groups excluding carboxylic acids is 1. The van der Waals surface area contributed by atoms with E-state index in [-0.39, 0.29) is 24.0 Å². The smallest absolute Gasteiger partial charge is 0.239 e. The van der Waals surface area contributed by atoms with Gasteiger partial charge in [-0.05, 0) is 25.0 Å². The molecule has 1 aliphatic heterocycles. The lowest BCUT2D eigenvalue weighted by atomic mass is 10.0. The number of ether oxygens (including phenoxy) is 1. The maximum absolute atomic E-state index is 12.2. The Morgan fingerprint density at radius 2 is 1.81 bits per heavy atom. The number of likely N-dealkylation sites (tertiary alicyclic amines) is 1. The molecule has 1 fully saturated rings. The number of carbonyl (C=O) groups is 1. The van der Waals surface area contributed by atoms with Crippen LogP contribution in [0.3, 0.4) is 0 Å². The third kappa shape index (κ3) is 4.21. The van der Waals surface area contributed by atoms with Gasteiger partial charge in [-0.3, -0.25) is 4.79 Å². The van der Waals surface area contributed by atoms with Gasteiger partial charge >= 0.3 is 0 Å². The second-order valence-corrected chi connectivity index (χ2v) is 6.23. The van der Waals surface area contributed by atoms with Gasteiger partial charge in [-0.15, -0.1) is 0 Å². The Morgan fingerprint density at radius 1 is 1.24 bits per heavy atom. The Kier molecular flexibility index (Phi) is 5.23. The zero-order valence-electron chi connectivity index (χ0n) is 13.2. The molecule has 0 saturated carbocycles. The number of piperidine rings is 1. The molecule has 1 aliphatic rings. The fourth-order valence-electron chi connectivity index (χ4n) is 2.50. The molecule has 4 nitrogen and oxygen atoms in total. The van der Waals surface area contributed by atoms with Crippen molar-refractivity contribution in [1.82, 2.24) is 4.90 Å². The molecule has 0 aliphatic carbocycles. The van der Waals surface area contributed by atoms with Gasteiger partial charge in [0.25, 0.3) is 0 Å². The van der Waals surface area contributed by atoms with E-state index in [4.69, 9.17) is 10.5 Å². The van der Waals surface area contributed by atoms with E-state index in [1.807, 2.05) is 30.9 Å². The van der Waals surface area contributed by atoms with Crippen molar-refractivity contribution in [3.63, 3.8) is 0 Å². The van der Waals surface area contributed by atoms with Crippen molar-refractivity contribution in [3.8, 4) is 5.75 Å². The quantitative estimate of drug-likeness (QED) is 0.926. The maximum atomic E-state index is 12.2. The van der Waals surface area contributed by atoms with E-state index in [0.29, 0.717) is 0 Å². The van der Waals surface area contributed by atoms with Crippen LogP contribution in [0, 0.1) is 12.8 Å². The van der Waals surface area contributed by atoms with Crippen molar-refractivity contribution >= 4 is 5.91 Å². The first-order valence-electron chi connectivity index (χ1n) is 7.75. The molecule has 1 heterocycles. The molecule has 0 aromatic heterocycles. The molecule has 2 rings (SSSR count). The number of nitrogens with zero attached hydrogens (tertiary/aromatic N) is 1. The largest absolute Gasteiger partial charge is 0.490 e. The van der Waals surface area contributed by atoms with Gasteiger partial charge in [-0.25, -0.2) is 0 Å². The summed E-state index contributed by atoms with van der Waals surface area (Å²) in [6, 6.07) is 7.72. The molecule has 1 saturated heterocycles. The Bertz CT molecular complexity index is 462. The summed E-state index contributed by atoms with van der Waals surface area (Å²) in [5, 5.41) is 0. The molecule has 21 heavy (non-hydrogen) atoms. The first kappa shape index (κ1) is 15.8. The number of hydrogen-bond acceptors (Lipinski definition) is 3. The molecular weight excluding hydrogens is 264 g/mol. The fourth-order valence-corrected chi connectivity index (χ4v) is 2.50. The van der Waals surface area contributed by atoms with Crippen LogP contribution in [0.25, 0.3) is 0 Å². The lowest BCUT2D eigenvalue weighted by molar-refractivity contribution is -0.135. The van der Waals surface area contributed by atoms with Gasteiger partial charge in [0.2, 0.25) is 5.91 Å². The van der Waals surface area contributed by atoms with Crippen molar-refractivity contribution in [2.45, 2.75) is 45.8 Å². The Morgan fingerprint density at radius 3 is 2.33 bits per heavy atom. The van der Waals surface area contributed by atoms with Crippen LogP contribution < -0.4 is 10.5 Å². The first-order valence-corrected chi connectivity index (χ1v) is 7.75. The van der Waals surface area contributed by atoms with E-state index in [1.165, 1.54) is 5.56 Å². The zero-order valence-corrected chi connectivity index (χ0v) is 13.2. The Hall–Kier alpha value is -1.55. The Balaban J connectivity index is 1.83. The van der Waals surface area contributed by atoms with Gasteiger partial charge in [0, 0.05) is 25.9 Å². The van der Waals surface area contributed by atoms with Crippen molar-refractivity contribution in [2.24, 2.45) is 11.7 Å². The number of hydrogen-bond donors (Lipinski definition) is 1. The third-order valence-corrected chi connectivity index (χ3v) is 4.08. The van der Waals surface area contributed by atoms with Crippen molar-refractivity contribution < 1.29 is 9.53 Å². The molecule has 1 atom stereocenters. The highest BCUT2D eigenvalue weighted by molar-refractivity contribution is 5.82. The SMILES string of the molecule is Cc1ccc(OC2CCN(C(=O)[C@@H](N)C(C)C)CC2)cc1. The van der Waals surface area contributed by atoms with Crippen LogP contribution in [0.4, 0.5) is 0 Å². The predicted molar refractivity (Wildman–Crippen MR) is 84.2 cm³/mol. The molecule has 2 N–H and O–H groups in total. The molecule has 116 valence electrons. The molecule has 0 unspecified atom stereocenters. The van der Waals surface area contributed by atoms with Crippen molar-refractivity contribution in [2.75, 3.05) is 13.1 Å². The van der Waals surface area contributed by atoms with E-state index >= 15 is 0 Å². The summed E-state index contributed by atoms with van der Waals surface area (Å²) in [5.41, 5.74) is 7.17. The number of amides is 1. The highest BCUT2D eigenvalue weighted by Crippen LogP contribution is 2.20. The minimum absolute atomic E-state index is 0.0683. The summed E-state index contributed by atoms with van der Waals surface area (Å²) >= 11 is 0. The molecule has 4 heteroatoms. The van der Waals surface area contributed by atoms with Crippen LogP contribution in [0.15, 0.2) is 24.3 Å². The highest BCUT2D eigenvalue weighted by atomic mass is 16.5. The third-order valence-electron chi connectivity index (χ3n) is 4.08. The second kappa shape index (κ2) is 6.94. The van der Waals surface area contributed by atoms with Crippen molar-refractivity contribution in [1.29, 1.82) is 0 Å². The van der Waals surface area contributed by atoms with Gasteiger partial charge in [0.05, 0.1) is 6.04 Å². The number of aryl methyl sites for hydroxylation is 1. The molecule has 1 amide bonds. The highest BCUT2D eigenvalue weighted by Gasteiger charge is 2.28. The summed E-state index contributed by atoms with van der Waals surface area (Å²) in [7, 11) is 0. The van der Waals surface area contributed by atoms with Crippen LogP contribution in [0.1, 0.15) is 32.3 Å². The van der Waals surface area contributed by atoms with E-state index in [2.05, 4.69) is 19.1 Å². The first-order chi connectivity index (χ1) is 9.97. The topological polar surface area (TPSA) is 55.6 Å². The minimum Gasteiger partial charge on any atom is -0.490 e. The molecule has 0 bridgehead atoms.